The molecule has 0 aliphatic heterocycles. The van der Waals surface area contributed by atoms with E-state index in [2.05, 4.69) is 43.1 Å². The molecule has 64 valence electrons. The van der Waals surface area contributed by atoms with Gasteiger partial charge in [-0.2, -0.15) is 0 Å². The highest BCUT2D eigenvalue weighted by molar-refractivity contribution is 5.44. The van der Waals surface area contributed by atoms with Crippen molar-refractivity contribution in [2.24, 2.45) is 0 Å². The van der Waals surface area contributed by atoms with Crippen molar-refractivity contribution in [1.82, 2.24) is 0 Å². The molecular formula is C11H15N. The van der Waals surface area contributed by atoms with Crippen molar-refractivity contribution in [2.45, 2.75) is 13.3 Å². The summed E-state index contributed by atoms with van der Waals surface area (Å²) in [6.07, 6.45) is 2.87. The first-order chi connectivity index (χ1) is 5.86. The molecule has 0 bridgehead atoms. The molecule has 0 amide bonds. The van der Waals surface area contributed by atoms with E-state index in [4.69, 9.17) is 0 Å². The van der Waals surface area contributed by atoms with E-state index in [0.29, 0.717) is 0 Å². The second-order valence-electron chi connectivity index (χ2n) is 2.72. The zero-order valence-corrected chi connectivity index (χ0v) is 7.51. The summed E-state index contributed by atoms with van der Waals surface area (Å²) in [5.74, 6) is 0. The maximum Gasteiger partial charge on any atom is 0.0340 e. The van der Waals surface area contributed by atoms with Crippen molar-refractivity contribution in [3.63, 3.8) is 0 Å². The predicted octanol–water partition coefficient (Wildman–Crippen LogP) is 2.85. The second-order valence-corrected chi connectivity index (χ2v) is 2.72. The van der Waals surface area contributed by atoms with Crippen molar-refractivity contribution >= 4 is 5.69 Å². The van der Waals surface area contributed by atoms with Crippen molar-refractivity contribution < 1.29 is 0 Å². The summed E-state index contributed by atoms with van der Waals surface area (Å²) in [7, 11) is 0. The van der Waals surface area contributed by atoms with Crippen molar-refractivity contribution in [3.05, 3.63) is 42.5 Å². The fraction of sp³-hybridized carbons (Fsp3) is 0.273. The number of hydrogen-bond acceptors (Lipinski definition) is 1. The van der Waals surface area contributed by atoms with Gasteiger partial charge < -0.3 is 5.32 Å². The van der Waals surface area contributed by atoms with Crippen LogP contribution in [0.4, 0.5) is 5.69 Å². The van der Waals surface area contributed by atoms with E-state index in [0.717, 1.165) is 13.0 Å². The van der Waals surface area contributed by atoms with E-state index in [1.54, 1.807) is 0 Å². The summed E-state index contributed by atoms with van der Waals surface area (Å²) in [5.41, 5.74) is 2.50. The fourth-order valence-corrected chi connectivity index (χ4v) is 1.13. The highest BCUT2D eigenvalue weighted by Gasteiger charge is 1.90. The largest absolute Gasteiger partial charge is 0.385 e. The first kappa shape index (κ1) is 8.85. The zero-order chi connectivity index (χ0) is 8.81. The van der Waals surface area contributed by atoms with Crippen molar-refractivity contribution in [3.8, 4) is 0 Å². The molecule has 1 rings (SSSR count). The van der Waals surface area contributed by atoms with E-state index in [1.807, 2.05) is 6.08 Å². The Morgan fingerprint density at radius 2 is 2.00 bits per heavy atom. The van der Waals surface area contributed by atoms with E-state index in [-0.39, 0.29) is 0 Å². The Morgan fingerprint density at radius 3 is 2.50 bits per heavy atom. The Balaban J connectivity index is 2.64. The van der Waals surface area contributed by atoms with Crippen LogP contribution in [0.25, 0.3) is 0 Å². The molecule has 0 saturated carbocycles. The maximum absolute atomic E-state index is 3.70. The number of benzene rings is 1. The summed E-state index contributed by atoms with van der Waals surface area (Å²) in [6.45, 7) is 6.77. The minimum absolute atomic E-state index is 0.951. The summed E-state index contributed by atoms with van der Waals surface area (Å²) in [5, 5.41) is 3.25. The van der Waals surface area contributed by atoms with Gasteiger partial charge in [-0.1, -0.05) is 18.2 Å². The SMILES string of the molecule is C=CCc1ccc(NCC)cc1. The predicted molar refractivity (Wildman–Crippen MR) is 54.5 cm³/mol. The van der Waals surface area contributed by atoms with E-state index < -0.39 is 0 Å². The first-order valence-electron chi connectivity index (χ1n) is 4.30. The molecule has 12 heavy (non-hydrogen) atoms. The van der Waals surface area contributed by atoms with Crippen LogP contribution in [-0.2, 0) is 6.42 Å². The molecule has 0 radical (unpaired) electrons. The molecular weight excluding hydrogens is 146 g/mol. The van der Waals surface area contributed by atoms with Gasteiger partial charge in [0.15, 0.2) is 0 Å². The monoisotopic (exact) mass is 161 g/mol. The molecule has 0 unspecified atom stereocenters. The van der Waals surface area contributed by atoms with Gasteiger partial charge >= 0.3 is 0 Å². The Morgan fingerprint density at radius 1 is 1.33 bits per heavy atom. The molecule has 1 heteroatoms. The Labute approximate surface area is 74.1 Å². The number of allylic oxidation sites excluding steroid dienone is 1. The van der Waals surface area contributed by atoms with Gasteiger partial charge in [0, 0.05) is 12.2 Å². The van der Waals surface area contributed by atoms with Gasteiger partial charge in [0.1, 0.15) is 0 Å². The highest BCUT2D eigenvalue weighted by Crippen LogP contribution is 2.09. The Kier molecular flexibility index (Phi) is 3.39. The third-order valence-electron chi connectivity index (χ3n) is 1.71. The van der Waals surface area contributed by atoms with E-state index >= 15 is 0 Å². The van der Waals surface area contributed by atoms with Crippen molar-refractivity contribution in [2.75, 3.05) is 11.9 Å². The number of hydrogen-bond donors (Lipinski definition) is 1. The lowest BCUT2D eigenvalue weighted by atomic mass is 10.1. The van der Waals surface area contributed by atoms with Gasteiger partial charge in [-0.3, -0.25) is 0 Å². The summed E-state index contributed by atoms with van der Waals surface area (Å²) in [6, 6.07) is 8.45. The lowest BCUT2D eigenvalue weighted by Crippen LogP contribution is -1.95. The summed E-state index contributed by atoms with van der Waals surface area (Å²) in [4.78, 5) is 0. The zero-order valence-electron chi connectivity index (χ0n) is 7.51. The third-order valence-corrected chi connectivity index (χ3v) is 1.71. The number of anilines is 1. The average Bonchev–Trinajstić information content (AvgIpc) is 2.09. The van der Waals surface area contributed by atoms with E-state index in [1.165, 1.54) is 11.3 Å². The van der Waals surface area contributed by atoms with Crippen LogP contribution in [0.3, 0.4) is 0 Å². The molecule has 1 N–H and O–H groups in total. The topological polar surface area (TPSA) is 12.0 Å². The van der Waals surface area contributed by atoms with Gasteiger partial charge in [0.25, 0.3) is 0 Å². The summed E-state index contributed by atoms with van der Waals surface area (Å²) < 4.78 is 0. The van der Waals surface area contributed by atoms with Crippen LogP contribution in [0.5, 0.6) is 0 Å². The standard InChI is InChI=1S/C11H15N/c1-3-5-10-6-8-11(9-7-10)12-4-2/h3,6-9,12H,1,4-5H2,2H3. The molecule has 0 atom stereocenters. The van der Waals surface area contributed by atoms with E-state index in [9.17, 15) is 0 Å². The van der Waals surface area contributed by atoms with Crippen molar-refractivity contribution in [1.29, 1.82) is 0 Å². The maximum atomic E-state index is 3.70. The molecule has 0 saturated heterocycles. The number of rotatable bonds is 4. The minimum atomic E-state index is 0.951. The summed E-state index contributed by atoms with van der Waals surface area (Å²) >= 11 is 0. The van der Waals surface area contributed by atoms with Gasteiger partial charge in [0.05, 0.1) is 0 Å². The van der Waals surface area contributed by atoms with Gasteiger partial charge in [-0.25, -0.2) is 0 Å². The quantitative estimate of drug-likeness (QED) is 0.669. The fourth-order valence-electron chi connectivity index (χ4n) is 1.13. The molecule has 1 aromatic carbocycles. The van der Waals surface area contributed by atoms with Crippen LogP contribution in [0.15, 0.2) is 36.9 Å². The molecule has 0 aromatic heterocycles. The molecule has 0 aliphatic carbocycles. The Bertz CT molecular complexity index is 236. The van der Waals surface area contributed by atoms with Gasteiger partial charge in [0.2, 0.25) is 0 Å². The van der Waals surface area contributed by atoms with Gasteiger partial charge in [-0.15, -0.1) is 6.58 Å². The molecule has 1 aromatic rings. The van der Waals surface area contributed by atoms with Crippen LogP contribution in [0.2, 0.25) is 0 Å². The third kappa shape index (κ3) is 2.42. The smallest absolute Gasteiger partial charge is 0.0340 e. The molecule has 0 fully saturated rings. The molecule has 1 nitrogen and oxygen atoms in total. The molecule has 0 aliphatic rings. The van der Waals surface area contributed by atoms with Crippen LogP contribution in [0, 0.1) is 0 Å². The molecule has 0 spiro atoms. The van der Waals surface area contributed by atoms with Gasteiger partial charge in [-0.05, 0) is 31.0 Å². The lowest BCUT2D eigenvalue weighted by molar-refractivity contribution is 1.20. The second kappa shape index (κ2) is 4.60. The Hall–Kier alpha value is -1.24. The normalized spacial score (nSPS) is 9.42. The van der Waals surface area contributed by atoms with Crippen LogP contribution < -0.4 is 5.32 Å². The lowest BCUT2D eigenvalue weighted by Gasteiger charge is -2.03. The molecule has 0 heterocycles. The highest BCUT2D eigenvalue weighted by atomic mass is 14.8. The van der Waals surface area contributed by atoms with Crippen LogP contribution in [0.1, 0.15) is 12.5 Å². The first-order valence-corrected chi connectivity index (χ1v) is 4.30. The van der Waals surface area contributed by atoms with Crippen LogP contribution in [-0.4, -0.2) is 6.54 Å². The number of nitrogens with one attached hydrogen (secondary N) is 1. The van der Waals surface area contributed by atoms with Crippen LogP contribution >= 0.6 is 0 Å². The average molecular weight is 161 g/mol. The minimum Gasteiger partial charge on any atom is -0.385 e.